The molecule has 1 atom stereocenters. The van der Waals surface area contributed by atoms with Gasteiger partial charge in [0.2, 0.25) is 6.23 Å². The van der Waals surface area contributed by atoms with E-state index in [1.54, 1.807) is 0 Å². The van der Waals surface area contributed by atoms with Crippen molar-refractivity contribution < 1.29 is 9.53 Å². The Hall–Kier alpha value is -1.19. The Kier molecular flexibility index (Phi) is 2.84. The van der Waals surface area contributed by atoms with Gasteiger partial charge in [-0.15, -0.1) is 0 Å². The number of ether oxygens (including phenoxy) is 1. The van der Waals surface area contributed by atoms with Gasteiger partial charge in [-0.1, -0.05) is 41.4 Å². The minimum atomic E-state index is -0.686. The van der Waals surface area contributed by atoms with E-state index >= 15 is 0 Å². The van der Waals surface area contributed by atoms with Crippen LogP contribution >= 0.6 is 23.2 Å². The van der Waals surface area contributed by atoms with Crippen LogP contribution in [0.2, 0.25) is 0 Å². The molecule has 0 aliphatic carbocycles. The molecular formula is C10H7Cl2NO2. The van der Waals surface area contributed by atoms with Crippen LogP contribution in [0.5, 0.6) is 0 Å². The van der Waals surface area contributed by atoms with Gasteiger partial charge >= 0.3 is 5.97 Å². The number of nitrogens with one attached hydrogen (secondary N) is 1. The van der Waals surface area contributed by atoms with Crippen molar-refractivity contribution in [1.82, 2.24) is 0 Å². The maximum absolute atomic E-state index is 11.0. The van der Waals surface area contributed by atoms with E-state index in [9.17, 15) is 4.79 Å². The van der Waals surface area contributed by atoms with E-state index in [1.807, 2.05) is 30.3 Å². The number of para-hydroxylation sites is 1. The lowest BCUT2D eigenvalue weighted by Gasteiger charge is -2.13. The SMILES string of the molecule is O=C1O[C@@H](Nc2ccccc2)C(Cl)=C1Cl. The van der Waals surface area contributed by atoms with E-state index in [0.717, 1.165) is 5.69 Å². The maximum atomic E-state index is 11.0. The summed E-state index contributed by atoms with van der Waals surface area (Å²) in [6, 6.07) is 9.28. The summed E-state index contributed by atoms with van der Waals surface area (Å²) >= 11 is 11.4. The molecular weight excluding hydrogens is 237 g/mol. The molecule has 1 aromatic rings. The van der Waals surface area contributed by atoms with Crippen molar-refractivity contribution in [1.29, 1.82) is 0 Å². The molecule has 15 heavy (non-hydrogen) atoms. The first kappa shape index (κ1) is 10.3. The van der Waals surface area contributed by atoms with Crippen LogP contribution in [0, 0.1) is 0 Å². The van der Waals surface area contributed by atoms with Gasteiger partial charge in [0.1, 0.15) is 10.1 Å². The van der Waals surface area contributed by atoms with Crippen LogP contribution in [-0.4, -0.2) is 12.2 Å². The first-order chi connectivity index (χ1) is 7.18. The number of halogens is 2. The van der Waals surface area contributed by atoms with Gasteiger partial charge in [0.05, 0.1) is 0 Å². The maximum Gasteiger partial charge on any atom is 0.353 e. The molecule has 0 bridgehead atoms. The number of anilines is 1. The number of carbonyl (C=O) groups excluding carboxylic acids is 1. The third-order valence-electron chi connectivity index (χ3n) is 1.92. The molecule has 0 amide bonds. The van der Waals surface area contributed by atoms with Crippen molar-refractivity contribution in [3.05, 3.63) is 40.4 Å². The highest BCUT2D eigenvalue weighted by Crippen LogP contribution is 2.29. The van der Waals surface area contributed by atoms with Crippen LogP contribution in [0.4, 0.5) is 5.69 Å². The molecule has 0 radical (unpaired) electrons. The molecule has 1 aliphatic heterocycles. The Morgan fingerprint density at radius 1 is 1.20 bits per heavy atom. The fraction of sp³-hybridized carbons (Fsp3) is 0.100. The Morgan fingerprint density at radius 3 is 2.40 bits per heavy atom. The standard InChI is InChI=1S/C10H7Cl2NO2/c11-7-8(12)10(14)15-9(7)13-6-4-2-1-3-5-6/h1-5,9,13H/t9-/m1/s1. The number of hydrogen-bond donors (Lipinski definition) is 1. The normalized spacial score (nSPS) is 20.4. The molecule has 78 valence electrons. The summed E-state index contributed by atoms with van der Waals surface area (Å²) in [6.07, 6.45) is -0.686. The van der Waals surface area contributed by atoms with Crippen molar-refractivity contribution in [3.8, 4) is 0 Å². The average Bonchev–Trinajstić information content (AvgIpc) is 2.48. The van der Waals surface area contributed by atoms with Crippen LogP contribution in [0.1, 0.15) is 0 Å². The van der Waals surface area contributed by atoms with Crippen molar-refractivity contribution >= 4 is 34.9 Å². The van der Waals surface area contributed by atoms with E-state index in [4.69, 9.17) is 27.9 Å². The minimum absolute atomic E-state index is 0.0647. The van der Waals surface area contributed by atoms with E-state index in [1.165, 1.54) is 0 Å². The Morgan fingerprint density at radius 2 is 1.87 bits per heavy atom. The van der Waals surface area contributed by atoms with Crippen LogP contribution in [0.25, 0.3) is 0 Å². The molecule has 0 saturated heterocycles. The molecule has 0 saturated carbocycles. The Balaban J connectivity index is 2.13. The van der Waals surface area contributed by atoms with Gasteiger partial charge in [-0.3, -0.25) is 0 Å². The Labute approximate surface area is 96.6 Å². The topological polar surface area (TPSA) is 38.3 Å². The fourth-order valence-corrected chi connectivity index (χ4v) is 1.52. The molecule has 0 unspecified atom stereocenters. The second-order valence-corrected chi connectivity index (χ2v) is 3.74. The van der Waals surface area contributed by atoms with Crippen molar-refractivity contribution in [2.75, 3.05) is 5.32 Å². The molecule has 1 aromatic carbocycles. The van der Waals surface area contributed by atoms with E-state index in [-0.39, 0.29) is 10.1 Å². The van der Waals surface area contributed by atoms with Gasteiger partial charge in [0.15, 0.2) is 0 Å². The highest BCUT2D eigenvalue weighted by Gasteiger charge is 2.31. The summed E-state index contributed by atoms with van der Waals surface area (Å²) in [6.45, 7) is 0. The number of esters is 1. The molecule has 1 N–H and O–H groups in total. The molecule has 1 heterocycles. The average molecular weight is 244 g/mol. The van der Waals surface area contributed by atoms with Crippen molar-refractivity contribution in [3.63, 3.8) is 0 Å². The molecule has 0 fully saturated rings. The zero-order valence-electron chi connectivity index (χ0n) is 7.54. The first-order valence-electron chi connectivity index (χ1n) is 4.26. The van der Waals surface area contributed by atoms with E-state index in [2.05, 4.69) is 5.32 Å². The summed E-state index contributed by atoms with van der Waals surface area (Å²) in [5.41, 5.74) is 0.805. The summed E-state index contributed by atoms with van der Waals surface area (Å²) in [4.78, 5) is 11.0. The molecule has 0 aromatic heterocycles. The lowest BCUT2D eigenvalue weighted by molar-refractivity contribution is -0.138. The van der Waals surface area contributed by atoms with Crippen LogP contribution in [-0.2, 0) is 9.53 Å². The van der Waals surface area contributed by atoms with Crippen molar-refractivity contribution in [2.45, 2.75) is 6.23 Å². The number of carbonyl (C=O) groups is 1. The van der Waals surface area contributed by atoms with Crippen LogP contribution in [0.15, 0.2) is 40.4 Å². The van der Waals surface area contributed by atoms with E-state index < -0.39 is 12.2 Å². The monoisotopic (exact) mass is 243 g/mol. The third-order valence-corrected chi connectivity index (χ3v) is 2.76. The smallest absolute Gasteiger partial charge is 0.353 e. The highest BCUT2D eigenvalue weighted by molar-refractivity contribution is 6.48. The van der Waals surface area contributed by atoms with Gasteiger partial charge in [0.25, 0.3) is 0 Å². The zero-order chi connectivity index (χ0) is 10.8. The van der Waals surface area contributed by atoms with Gasteiger partial charge in [0, 0.05) is 5.69 Å². The second kappa shape index (κ2) is 4.13. The van der Waals surface area contributed by atoms with Crippen LogP contribution < -0.4 is 5.32 Å². The zero-order valence-corrected chi connectivity index (χ0v) is 9.05. The number of cyclic esters (lactones) is 1. The number of hydrogen-bond acceptors (Lipinski definition) is 3. The van der Waals surface area contributed by atoms with Gasteiger partial charge in [-0.05, 0) is 12.1 Å². The predicted molar refractivity (Wildman–Crippen MR) is 58.7 cm³/mol. The molecule has 5 heteroatoms. The van der Waals surface area contributed by atoms with Crippen LogP contribution in [0.3, 0.4) is 0 Å². The largest absolute Gasteiger partial charge is 0.432 e. The lowest BCUT2D eigenvalue weighted by Crippen LogP contribution is -2.20. The van der Waals surface area contributed by atoms with Gasteiger partial charge < -0.3 is 10.1 Å². The second-order valence-electron chi connectivity index (χ2n) is 2.96. The minimum Gasteiger partial charge on any atom is -0.432 e. The molecule has 1 aliphatic rings. The lowest BCUT2D eigenvalue weighted by atomic mass is 10.3. The third kappa shape index (κ3) is 2.08. The highest BCUT2D eigenvalue weighted by atomic mass is 35.5. The molecule has 3 nitrogen and oxygen atoms in total. The predicted octanol–water partition coefficient (Wildman–Crippen LogP) is 2.67. The quantitative estimate of drug-likeness (QED) is 0.812. The summed E-state index contributed by atoms with van der Waals surface area (Å²) in [5.74, 6) is -0.602. The van der Waals surface area contributed by atoms with E-state index in [0.29, 0.717) is 0 Å². The number of benzene rings is 1. The Bertz CT molecular complexity index is 417. The molecule has 2 rings (SSSR count). The first-order valence-corrected chi connectivity index (χ1v) is 5.02. The molecule has 0 spiro atoms. The summed E-state index contributed by atoms with van der Waals surface area (Å²) in [7, 11) is 0. The van der Waals surface area contributed by atoms with Gasteiger partial charge in [-0.25, -0.2) is 4.79 Å². The van der Waals surface area contributed by atoms with Gasteiger partial charge in [-0.2, -0.15) is 0 Å². The van der Waals surface area contributed by atoms with Crippen molar-refractivity contribution in [2.24, 2.45) is 0 Å². The number of rotatable bonds is 2. The summed E-state index contributed by atoms with van der Waals surface area (Å²) in [5, 5.41) is 3.06. The fourth-order valence-electron chi connectivity index (χ4n) is 1.20. The summed E-state index contributed by atoms with van der Waals surface area (Å²) < 4.78 is 4.90.